The van der Waals surface area contributed by atoms with E-state index < -0.39 is 66.5 Å². The van der Waals surface area contributed by atoms with E-state index in [1.165, 1.54) is 24.3 Å². The Bertz CT molecular complexity index is 2290. The number of likely N-dealkylation sites (N-methyl/N-ethyl adjacent to an activating group) is 1. The number of nitrogens with zero attached hydrogens (tertiary/aromatic N) is 3. The Morgan fingerprint density at radius 3 is 1.22 bits per heavy atom. The molecule has 2 aliphatic heterocycles. The molecule has 0 saturated carbocycles. The molecule has 0 radical (unpaired) electrons. The van der Waals surface area contributed by atoms with Gasteiger partial charge >= 0.3 is 23.9 Å². The maximum Gasteiger partial charge on any atom is 0.306 e. The number of hydrogen-bond donors (Lipinski definition) is 0. The van der Waals surface area contributed by atoms with E-state index in [2.05, 4.69) is 0 Å². The summed E-state index contributed by atoms with van der Waals surface area (Å²) in [6.07, 6.45) is 15.6. The van der Waals surface area contributed by atoms with Gasteiger partial charge in [-0.05, 0) is 51.7 Å². The van der Waals surface area contributed by atoms with Crippen LogP contribution in [-0.2, 0) is 51.7 Å². The van der Waals surface area contributed by atoms with Gasteiger partial charge in [0.25, 0.3) is 19.2 Å². The third-order valence-electron chi connectivity index (χ3n) is 13.1. The van der Waals surface area contributed by atoms with Crippen LogP contribution in [0.5, 0.6) is 23.0 Å². The number of esters is 4. The molecule has 24 heteroatoms. The van der Waals surface area contributed by atoms with Crippen LogP contribution in [0.2, 0.25) is 0 Å². The molecular weight excluding hydrogens is 1040 g/mol. The maximum atomic E-state index is 12.8. The van der Waals surface area contributed by atoms with Gasteiger partial charge in [0, 0.05) is 25.7 Å². The first-order valence-electron chi connectivity index (χ1n) is 27.5. The fourth-order valence-corrected chi connectivity index (χ4v) is 9.39. The van der Waals surface area contributed by atoms with Crippen LogP contribution in [0.1, 0.15) is 191 Å². The molecule has 0 aliphatic carbocycles. The predicted octanol–water partition coefficient (Wildman–Crippen LogP) is 10.9. The number of fused-ring (bicyclic) bond motifs is 2. The average Bonchev–Trinajstić information content (AvgIpc) is 4.08. The van der Waals surface area contributed by atoms with E-state index in [0.29, 0.717) is 48.2 Å². The molecule has 0 amide bonds. The Hall–Kier alpha value is -5.61. The highest BCUT2D eigenvalue weighted by molar-refractivity contribution is 7.45. The minimum Gasteiger partial charge on any atom is -0.756 e. The molecular formula is C54H82N3O20P. The second kappa shape index (κ2) is 34.4. The van der Waals surface area contributed by atoms with Gasteiger partial charge in [-0.25, -0.2) is 0 Å². The van der Waals surface area contributed by atoms with Crippen molar-refractivity contribution in [2.45, 2.75) is 186 Å². The standard InChI is InChI=1S/C54H82N3O20P/c1-40(43-32-47-49(71-38-69-47)34-45(43)55(62)63)75-52(59)27-23-19-15-11-7-6-10-14-18-22-26-51(58)68-36-42(37-74-78(66,67)73-31-30-57(3,4)5)77-54(61)29-25-21-17-13-9-8-12-16-20-24-28-53(60)76-41(2)44-33-48-50(72-39-70-48)35-46(44)56(64)65/h32-35,40-42H,6-31,36-39H2,1-5H3/t40?,41?,42-/m1/s1. The number of rotatable bonds is 42. The largest absolute Gasteiger partial charge is 0.756 e. The molecule has 438 valence electrons. The highest BCUT2D eigenvalue weighted by Crippen LogP contribution is 2.43. The summed E-state index contributed by atoms with van der Waals surface area (Å²) in [5.74, 6) is -0.580. The van der Waals surface area contributed by atoms with Crippen molar-refractivity contribution in [3.05, 3.63) is 55.6 Å². The lowest BCUT2D eigenvalue weighted by Gasteiger charge is -2.28. The normalized spacial score (nSPS) is 14.5. The number of nitro benzene ring substituents is 2. The first-order chi connectivity index (χ1) is 37.2. The highest BCUT2D eigenvalue weighted by atomic mass is 31.2. The van der Waals surface area contributed by atoms with E-state index in [1.807, 2.05) is 21.1 Å². The van der Waals surface area contributed by atoms with Gasteiger partial charge in [0.15, 0.2) is 29.1 Å². The Morgan fingerprint density at radius 2 is 0.859 bits per heavy atom. The second-order valence-electron chi connectivity index (χ2n) is 20.8. The Labute approximate surface area is 457 Å². The topological polar surface area (TPSA) is 287 Å². The summed E-state index contributed by atoms with van der Waals surface area (Å²) in [7, 11) is 0.925. The Morgan fingerprint density at radius 1 is 0.526 bits per heavy atom. The van der Waals surface area contributed by atoms with E-state index in [4.69, 9.17) is 46.9 Å². The molecule has 0 saturated heterocycles. The lowest BCUT2D eigenvalue weighted by molar-refractivity contribution is -0.870. The van der Waals surface area contributed by atoms with Crippen molar-refractivity contribution >= 4 is 43.1 Å². The average molecular weight is 1120 g/mol. The fourth-order valence-electron chi connectivity index (χ4n) is 8.66. The zero-order chi connectivity index (χ0) is 56.9. The summed E-state index contributed by atoms with van der Waals surface area (Å²) in [4.78, 5) is 85.0. The summed E-state index contributed by atoms with van der Waals surface area (Å²) in [5.41, 5.74) is 0.0996. The quantitative estimate of drug-likeness (QED) is 0.0113. The summed E-state index contributed by atoms with van der Waals surface area (Å²) in [6, 6.07) is 5.53. The molecule has 23 nitrogen and oxygen atoms in total. The van der Waals surface area contributed by atoms with E-state index in [1.54, 1.807) is 13.8 Å². The maximum absolute atomic E-state index is 12.8. The lowest BCUT2D eigenvalue weighted by Crippen LogP contribution is -2.37. The number of ether oxygens (including phenoxy) is 8. The SMILES string of the molecule is CC(OC(=O)CCCCCCCCCCCCC(=O)OC[C@H](COP(=O)([O-])OCC[N+](C)(C)C)OC(=O)CCCCCCCCCCCCC(=O)OC(C)c1cc2c(cc1[N+](=O)[O-])OCO2)c1cc2c(cc1[N+](=O)[O-])OCO2. The summed E-state index contributed by atoms with van der Waals surface area (Å²) in [5, 5.41) is 23.2. The number of unbranched alkanes of at least 4 members (excludes halogenated alkanes) is 18. The van der Waals surface area contributed by atoms with Crippen molar-refractivity contribution in [2.75, 3.05) is 61.1 Å². The van der Waals surface area contributed by atoms with Crippen LogP contribution in [0, 0.1) is 20.2 Å². The van der Waals surface area contributed by atoms with Crippen LogP contribution in [0.4, 0.5) is 11.4 Å². The van der Waals surface area contributed by atoms with Crippen LogP contribution in [0.3, 0.4) is 0 Å². The van der Waals surface area contributed by atoms with Gasteiger partial charge in [-0.1, -0.05) is 103 Å². The van der Waals surface area contributed by atoms with E-state index in [-0.39, 0.29) is 86.5 Å². The molecule has 0 bridgehead atoms. The molecule has 2 heterocycles. The molecule has 2 aromatic rings. The van der Waals surface area contributed by atoms with Crippen LogP contribution in [-0.4, -0.2) is 105 Å². The van der Waals surface area contributed by atoms with Crippen molar-refractivity contribution in [1.29, 1.82) is 0 Å². The lowest BCUT2D eigenvalue weighted by atomic mass is 10.0. The second-order valence-corrected chi connectivity index (χ2v) is 22.2. The summed E-state index contributed by atoms with van der Waals surface area (Å²) >= 11 is 0. The number of benzene rings is 2. The minimum atomic E-state index is -4.73. The number of carbonyl (C=O) groups is 4. The molecule has 3 unspecified atom stereocenters. The van der Waals surface area contributed by atoms with Crippen molar-refractivity contribution in [2.24, 2.45) is 0 Å². The van der Waals surface area contributed by atoms with Gasteiger partial charge in [-0.2, -0.15) is 0 Å². The predicted molar refractivity (Wildman–Crippen MR) is 282 cm³/mol. The number of phosphoric ester groups is 1. The number of phosphoric acid groups is 1. The molecule has 4 atom stereocenters. The molecule has 2 aromatic carbocycles. The van der Waals surface area contributed by atoms with Crippen LogP contribution < -0.4 is 23.8 Å². The van der Waals surface area contributed by atoms with Gasteiger partial charge in [0.2, 0.25) is 13.6 Å². The van der Waals surface area contributed by atoms with Crippen molar-refractivity contribution in [3.63, 3.8) is 0 Å². The smallest absolute Gasteiger partial charge is 0.306 e. The van der Waals surface area contributed by atoms with Gasteiger partial charge in [0.1, 0.15) is 32.0 Å². The first kappa shape index (κ1) is 64.9. The van der Waals surface area contributed by atoms with Crippen LogP contribution in [0.15, 0.2) is 24.3 Å². The molecule has 2 aliphatic rings. The summed E-state index contributed by atoms with van der Waals surface area (Å²) in [6.45, 7) is 2.50. The zero-order valence-corrected chi connectivity index (χ0v) is 47.1. The zero-order valence-electron chi connectivity index (χ0n) is 46.2. The van der Waals surface area contributed by atoms with Gasteiger partial charge in [0.05, 0.1) is 60.9 Å². The number of hydrogen-bond acceptors (Lipinski definition) is 20. The number of carbonyl (C=O) groups excluding carboxylic acids is 4. The molecule has 0 N–H and O–H groups in total. The molecule has 0 aromatic heterocycles. The molecule has 78 heavy (non-hydrogen) atoms. The number of quaternary nitrogens is 1. The van der Waals surface area contributed by atoms with Crippen LogP contribution in [0.25, 0.3) is 0 Å². The van der Waals surface area contributed by atoms with Gasteiger partial charge in [-0.3, -0.25) is 44.0 Å². The monoisotopic (exact) mass is 1120 g/mol. The van der Waals surface area contributed by atoms with E-state index in [0.717, 1.165) is 103 Å². The van der Waals surface area contributed by atoms with E-state index >= 15 is 0 Å². The van der Waals surface area contributed by atoms with Crippen molar-refractivity contribution in [3.8, 4) is 23.0 Å². The minimum absolute atomic E-state index is 0.0283. The summed E-state index contributed by atoms with van der Waals surface area (Å²) < 4.78 is 66.0. The number of nitro groups is 2. The first-order valence-corrected chi connectivity index (χ1v) is 29.0. The Balaban J connectivity index is 1.01. The molecule has 0 fully saturated rings. The van der Waals surface area contributed by atoms with Crippen LogP contribution >= 0.6 is 7.82 Å². The van der Waals surface area contributed by atoms with Gasteiger partial charge in [-0.15, -0.1) is 0 Å². The molecule has 0 spiro atoms. The Kier molecular flexibility index (Phi) is 28.6. The fraction of sp³-hybridized carbons (Fsp3) is 0.704. The van der Waals surface area contributed by atoms with Crippen molar-refractivity contribution < 1.29 is 89.9 Å². The third kappa shape index (κ3) is 25.5. The van der Waals surface area contributed by atoms with E-state index in [9.17, 15) is 48.9 Å². The molecule has 4 rings (SSSR count). The van der Waals surface area contributed by atoms with Crippen molar-refractivity contribution in [1.82, 2.24) is 0 Å². The highest BCUT2D eigenvalue weighted by Gasteiger charge is 2.30. The third-order valence-corrected chi connectivity index (χ3v) is 14.1. The van der Waals surface area contributed by atoms with Gasteiger partial charge < -0.3 is 56.3 Å².